The first-order chi connectivity index (χ1) is 13.5. The average molecular weight is 404 g/mol. The third-order valence-corrected chi connectivity index (χ3v) is 5.95. The van der Waals surface area contributed by atoms with Gasteiger partial charge in [-0.15, -0.1) is 0 Å². The molecule has 1 aliphatic heterocycles. The molecule has 3 rings (SSSR count). The third kappa shape index (κ3) is 4.46. The molecule has 1 aromatic rings. The smallest absolute Gasteiger partial charge is 0.273 e. The molecule has 1 amide bonds. The minimum absolute atomic E-state index is 0.0800. The van der Waals surface area contributed by atoms with E-state index in [1.165, 1.54) is 29.6 Å². The van der Waals surface area contributed by atoms with Crippen LogP contribution in [0.1, 0.15) is 64.1 Å². The zero-order valence-electron chi connectivity index (χ0n) is 17.3. The van der Waals surface area contributed by atoms with Crippen LogP contribution in [0.2, 0.25) is 0 Å². The number of rotatable bonds is 3. The van der Waals surface area contributed by atoms with Crippen LogP contribution < -0.4 is 0 Å². The molecule has 156 valence electrons. The second-order valence-corrected chi connectivity index (χ2v) is 8.57. The van der Waals surface area contributed by atoms with Crippen LogP contribution in [0, 0.1) is 11.3 Å². The topological polar surface area (TPSA) is 32.7 Å². The van der Waals surface area contributed by atoms with Gasteiger partial charge in [-0.3, -0.25) is 4.79 Å². The van der Waals surface area contributed by atoms with Crippen molar-refractivity contribution in [1.29, 1.82) is 0 Å². The molecule has 2 atom stereocenters. The van der Waals surface area contributed by atoms with Crippen molar-refractivity contribution in [3.05, 3.63) is 59.2 Å². The van der Waals surface area contributed by atoms with E-state index < -0.39 is 17.8 Å². The number of benzene rings is 1. The zero-order valence-corrected chi connectivity index (χ0v) is 17.3. The Balaban J connectivity index is 1.90. The lowest BCUT2D eigenvalue weighted by atomic mass is 9.68. The number of amides is 1. The highest BCUT2D eigenvalue weighted by atomic mass is 19.4. The van der Waals surface area contributed by atoms with Gasteiger partial charge in [-0.1, -0.05) is 49.8 Å². The van der Waals surface area contributed by atoms with Gasteiger partial charge in [-0.05, 0) is 42.9 Å². The fraction of sp³-hybridized carbons (Fsp3) is 0.478. The molecule has 0 saturated carbocycles. The summed E-state index contributed by atoms with van der Waals surface area (Å²) in [5.74, 6) is -0.129. The minimum Gasteiger partial charge on any atom is -0.273 e. The summed E-state index contributed by atoms with van der Waals surface area (Å²) >= 11 is 0. The van der Waals surface area contributed by atoms with Crippen molar-refractivity contribution in [2.45, 2.75) is 59.2 Å². The van der Waals surface area contributed by atoms with Crippen LogP contribution in [-0.4, -0.2) is 16.6 Å². The van der Waals surface area contributed by atoms with Crippen molar-refractivity contribution in [2.75, 3.05) is 0 Å². The summed E-state index contributed by atoms with van der Waals surface area (Å²) < 4.78 is 40.5. The van der Waals surface area contributed by atoms with Crippen molar-refractivity contribution in [3.8, 4) is 0 Å². The Morgan fingerprint density at radius 3 is 2.59 bits per heavy atom. The first kappa shape index (κ1) is 21.3. The molecular weight excluding hydrogens is 377 g/mol. The van der Waals surface area contributed by atoms with E-state index in [-0.39, 0.29) is 29.2 Å². The molecule has 0 N–H and O–H groups in total. The van der Waals surface area contributed by atoms with Crippen LogP contribution in [0.3, 0.4) is 0 Å². The first-order valence-electron chi connectivity index (χ1n) is 9.89. The maximum Gasteiger partial charge on any atom is 0.416 e. The van der Waals surface area contributed by atoms with Crippen molar-refractivity contribution >= 4 is 11.6 Å². The fourth-order valence-electron chi connectivity index (χ4n) is 4.40. The highest BCUT2D eigenvalue weighted by molar-refractivity contribution is 5.98. The van der Waals surface area contributed by atoms with E-state index in [9.17, 15) is 18.0 Å². The fourth-order valence-corrected chi connectivity index (χ4v) is 4.40. The van der Waals surface area contributed by atoms with Crippen molar-refractivity contribution in [3.63, 3.8) is 0 Å². The average Bonchev–Trinajstić information content (AvgIpc) is 3.04. The summed E-state index contributed by atoms with van der Waals surface area (Å²) in [5.41, 5.74) is 1.38. The van der Waals surface area contributed by atoms with Gasteiger partial charge in [0.05, 0.1) is 17.3 Å². The molecule has 2 unspecified atom stereocenters. The van der Waals surface area contributed by atoms with Crippen LogP contribution >= 0.6 is 0 Å². The molecule has 0 saturated heterocycles. The second kappa shape index (κ2) is 7.81. The van der Waals surface area contributed by atoms with Gasteiger partial charge in [0.2, 0.25) is 5.91 Å². The van der Waals surface area contributed by atoms with E-state index in [1.807, 2.05) is 6.08 Å². The summed E-state index contributed by atoms with van der Waals surface area (Å²) in [5, 5.41) is 5.53. The Bertz CT molecular complexity index is 880. The molecule has 29 heavy (non-hydrogen) atoms. The Labute approximate surface area is 170 Å². The summed E-state index contributed by atoms with van der Waals surface area (Å²) in [7, 11) is 0. The number of carbonyl (C=O) groups excluding carboxylic acids is 1. The van der Waals surface area contributed by atoms with Gasteiger partial charge in [0.15, 0.2) is 0 Å². The highest BCUT2D eigenvalue weighted by Crippen LogP contribution is 2.43. The van der Waals surface area contributed by atoms with Gasteiger partial charge < -0.3 is 0 Å². The van der Waals surface area contributed by atoms with E-state index in [1.54, 1.807) is 6.07 Å². The highest BCUT2D eigenvalue weighted by Gasteiger charge is 2.39. The lowest BCUT2D eigenvalue weighted by Crippen LogP contribution is -2.26. The quantitative estimate of drug-likeness (QED) is 0.545. The van der Waals surface area contributed by atoms with Crippen LogP contribution in [0.25, 0.3) is 0 Å². The molecule has 0 fully saturated rings. The number of hydrazone groups is 1. The second-order valence-electron chi connectivity index (χ2n) is 8.57. The predicted octanol–water partition coefficient (Wildman–Crippen LogP) is 6.29. The molecule has 0 spiro atoms. The maximum absolute atomic E-state index is 13.5. The number of alkyl halides is 3. The molecule has 0 radical (unpaired) electrons. The molecule has 0 aromatic heterocycles. The minimum atomic E-state index is -4.48. The van der Waals surface area contributed by atoms with Crippen LogP contribution in [0.15, 0.2) is 53.2 Å². The van der Waals surface area contributed by atoms with E-state index in [0.29, 0.717) is 5.71 Å². The molecule has 6 heteroatoms. The van der Waals surface area contributed by atoms with Gasteiger partial charge in [0, 0.05) is 19.3 Å². The van der Waals surface area contributed by atoms with Crippen molar-refractivity contribution in [2.24, 2.45) is 16.4 Å². The summed E-state index contributed by atoms with van der Waals surface area (Å²) in [6, 6.07) is 4.67. The lowest BCUT2D eigenvalue weighted by molar-refractivity contribution is -0.140. The van der Waals surface area contributed by atoms with Crippen LogP contribution in [0.4, 0.5) is 13.2 Å². The van der Waals surface area contributed by atoms with Gasteiger partial charge in [0.25, 0.3) is 0 Å². The van der Waals surface area contributed by atoms with Crippen molar-refractivity contribution in [1.82, 2.24) is 5.01 Å². The monoisotopic (exact) mass is 404 g/mol. The van der Waals surface area contributed by atoms with Gasteiger partial charge in [-0.25, -0.2) is 5.01 Å². The van der Waals surface area contributed by atoms with E-state index in [0.717, 1.165) is 18.9 Å². The molecule has 1 aromatic carbocycles. The lowest BCUT2D eigenvalue weighted by Gasteiger charge is -2.36. The van der Waals surface area contributed by atoms with E-state index in [4.69, 9.17) is 0 Å². The molecule has 2 aliphatic rings. The van der Waals surface area contributed by atoms with E-state index in [2.05, 4.69) is 38.0 Å². The predicted molar refractivity (Wildman–Crippen MR) is 108 cm³/mol. The van der Waals surface area contributed by atoms with Gasteiger partial charge in [0.1, 0.15) is 0 Å². The Hall–Kier alpha value is -2.37. The number of hydrogen-bond donors (Lipinski definition) is 0. The molecular formula is C23H27F3N2O. The van der Waals surface area contributed by atoms with E-state index >= 15 is 0 Å². The molecule has 3 nitrogen and oxygen atoms in total. The van der Waals surface area contributed by atoms with Crippen LogP contribution in [-0.2, 0) is 11.0 Å². The first-order valence-corrected chi connectivity index (χ1v) is 9.89. The molecule has 0 bridgehead atoms. The van der Waals surface area contributed by atoms with Crippen LogP contribution in [0.5, 0.6) is 0 Å². The van der Waals surface area contributed by atoms with Crippen molar-refractivity contribution < 1.29 is 18.0 Å². The largest absolute Gasteiger partial charge is 0.416 e. The Morgan fingerprint density at radius 2 is 1.97 bits per heavy atom. The normalized spacial score (nSPS) is 24.6. The summed E-state index contributed by atoms with van der Waals surface area (Å²) in [6.07, 6.45) is 4.11. The van der Waals surface area contributed by atoms with Gasteiger partial charge in [-0.2, -0.15) is 18.3 Å². The van der Waals surface area contributed by atoms with Gasteiger partial charge >= 0.3 is 6.18 Å². The Kier molecular flexibility index (Phi) is 5.74. The number of allylic oxidation sites excluding steroid dienone is 4. The number of nitrogens with zero attached hydrogens (tertiary/aromatic N) is 2. The zero-order chi connectivity index (χ0) is 21.4. The SMILES string of the molecule is CC(=O)N1N=C(/C=C/C2C(C)=CCCC2(C)C)CC1c1ccccc1C(F)(F)F. The number of carbonyl (C=O) groups is 1. The summed E-state index contributed by atoms with van der Waals surface area (Å²) in [6.45, 7) is 7.88. The molecule has 1 heterocycles. The Morgan fingerprint density at radius 1 is 1.28 bits per heavy atom. The summed E-state index contributed by atoms with van der Waals surface area (Å²) in [4.78, 5) is 12.1. The third-order valence-electron chi connectivity index (χ3n) is 5.95. The number of halogens is 3. The maximum atomic E-state index is 13.5. The molecule has 1 aliphatic carbocycles. The standard InChI is InChI=1S/C23H27F3N2O/c1-15-8-7-13-22(3,4)19(15)12-11-17-14-21(28(27-17)16(2)29)18-9-5-6-10-20(18)23(24,25)26/h5-6,8-12,19,21H,7,13-14H2,1-4H3/b12-11+. The number of hydrogen-bond acceptors (Lipinski definition) is 2.